The quantitative estimate of drug-likeness (QED) is 0.891. The van der Waals surface area contributed by atoms with E-state index in [1.807, 2.05) is 11.8 Å². The molecule has 1 heterocycles. The van der Waals surface area contributed by atoms with E-state index in [1.54, 1.807) is 0 Å². The van der Waals surface area contributed by atoms with Gasteiger partial charge in [-0.25, -0.2) is 0 Å². The first-order chi connectivity index (χ1) is 8.52. The summed E-state index contributed by atoms with van der Waals surface area (Å²) in [5.41, 5.74) is 2.58. The Morgan fingerprint density at radius 2 is 2.22 bits per heavy atom. The minimum absolute atomic E-state index is 0.274. The van der Waals surface area contributed by atoms with Crippen LogP contribution in [0.1, 0.15) is 25.0 Å². The van der Waals surface area contributed by atoms with Crippen LogP contribution in [-0.2, 0) is 13.0 Å². The molecular formula is C14H20BrNOS. The van der Waals surface area contributed by atoms with E-state index in [-0.39, 0.29) is 4.75 Å². The van der Waals surface area contributed by atoms with Crippen molar-refractivity contribution < 1.29 is 4.74 Å². The van der Waals surface area contributed by atoms with Crippen molar-refractivity contribution in [1.29, 1.82) is 0 Å². The van der Waals surface area contributed by atoms with Gasteiger partial charge in [-0.1, -0.05) is 15.9 Å². The molecule has 0 fully saturated rings. The molecule has 2 nitrogen and oxygen atoms in total. The number of benzene rings is 1. The summed E-state index contributed by atoms with van der Waals surface area (Å²) in [5.74, 6) is 1.09. The van der Waals surface area contributed by atoms with E-state index in [4.69, 9.17) is 4.74 Å². The van der Waals surface area contributed by atoms with Crippen LogP contribution < -0.4 is 10.1 Å². The van der Waals surface area contributed by atoms with Crippen LogP contribution in [0.5, 0.6) is 5.75 Å². The molecule has 1 aromatic carbocycles. The molecule has 0 saturated heterocycles. The van der Waals surface area contributed by atoms with Crippen LogP contribution in [0.3, 0.4) is 0 Å². The molecule has 0 spiro atoms. The molecule has 0 radical (unpaired) electrons. The summed E-state index contributed by atoms with van der Waals surface area (Å²) in [6, 6.07) is 4.32. The molecule has 0 bridgehead atoms. The van der Waals surface area contributed by atoms with Gasteiger partial charge in [-0.3, -0.25) is 0 Å². The standard InChI is InChI=1S/C14H20BrNOS/c1-14(2,18-3)9-16-8-11-7-12(15)6-10-4-5-17-13(10)11/h6-7,16H,4-5,8-9H2,1-3H3. The van der Waals surface area contributed by atoms with Gasteiger partial charge < -0.3 is 10.1 Å². The molecule has 1 aliphatic heterocycles. The van der Waals surface area contributed by atoms with Crippen LogP contribution in [-0.4, -0.2) is 24.2 Å². The minimum atomic E-state index is 0.274. The summed E-state index contributed by atoms with van der Waals surface area (Å²) >= 11 is 5.46. The lowest BCUT2D eigenvalue weighted by Crippen LogP contribution is -2.31. The largest absolute Gasteiger partial charge is 0.493 e. The van der Waals surface area contributed by atoms with Gasteiger partial charge in [-0.15, -0.1) is 0 Å². The van der Waals surface area contributed by atoms with E-state index in [0.29, 0.717) is 0 Å². The monoisotopic (exact) mass is 329 g/mol. The first-order valence-electron chi connectivity index (χ1n) is 6.22. The Balaban J connectivity index is 2.02. The molecule has 1 aliphatic rings. The number of ether oxygens (including phenoxy) is 1. The fourth-order valence-electron chi connectivity index (χ4n) is 2.05. The molecule has 0 unspecified atom stereocenters. The van der Waals surface area contributed by atoms with Gasteiger partial charge in [-0.2, -0.15) is 11.8 Å². The molecular weight excluding hydrogens is 310 g/mol. The van der Waals surface area contributed by atoms with E-state index in [2.05, 4.69) is 53.5 Å². The Bertz CT molecular complexity index is 434. The number of hydrogen-bond donors (Lipinski definition) is 1. The highest BCUT2D eigenvalue weighted by Crippen LogP contribution is 2.33. The van der Waals surface area contributed by atoms with Crippen LogP contribution in [0.4, 0.5) is 0 Å². The summed E-state index contributed by atoms with van der Waals surface area (Å²) in [4.78, 5) is 0. The molecule has 0 amide bonds. The van der Waals surface area contributed by atoms with Crippen molar-refractivity contribution in [2.24, 2.45) is 0 Å². The van der Waals surface area contributed by atoms with Crippen molar-refractivity contribution in [1.82, 2.24) is 5.32 Å². The predicted molar refractivity (Wildman–Crippen MR) is 82.6 cm³/mol. The zero-order valence-corrected chi connectivity index (χ0v) is 13.6. The maximum absolute atomic E-state index is 5.73. The second-order valence-corrected chi connectivity index (χ2v) is 7.65. The third kappa shape index (κ3) is 3.43. The Hall–Kier alpha value is -0.190. The Morgan fingerprint density at radius 1 is 1.44 bits per heavy atom. The van der Waals surface area contributed by atoms with Gasteiger partial charge in [0.1, 0.15) is 5.75 Å². The van der Waals surface area contributed by atoms with Crippen molar-refractivity contribution in [2.75, 3.05) is 19.4 Å². The highest BCUT2D eigenvalue weighted by Gasteiger charge is 2.19. The molecule has 100 valence electrons. The zero-order chi connectivity index (χ0) is 13.2. The van der Waals surface area contributed by atoms with E-state index in [0.717, 1.165) is 36.3 Å². The lowest BCUT2D eigenvalue weighted by atomic mass is 10.1. The molecule has 0 atom stereocenters. The summed E-state index contributed by atoms with van der Waals surface area (Å²) in [7, 11) is 0. The zero-order valence-electron chi connectivity index (χ0n) is 11.2. The Labute approximate surface area is 122 Å². The maximum Gasteiger partial charge on any atom is 0.127 e. The van der Waals surface area contributed by atoms with Crippen molar-refractivity contribution in [2.45, 2.75) is 31.6 Å². The summed E-state index contributed by atoms with van der Waals surface area (Å²) in [5, 5.41) is 3.53. The topological polar surface area (TPSA) is 21.3 Å². The lowest BCUT2D eigenvalue weighted by Gasteiger charge is -2.22. The van der Waals surface area contributed by atoms with E-state index >= 15 is 0 Å². The predicted octanol–water partition coefficient (Wildman–Crippen LogP) is 3.62. The number of fused-ring (bicyclic) bond motifs is 1. The van der Waals surface area contributed by atoms with Gasteiger partial charge in [0.15, 0.2) is 0 Å². The fourth-order valence-corrected chi connectivity index (χ4v) is 2.85. The average molecular weight is 330 g/mol. The number of nitrogens with one attached hydrogen (secondary N) is 1. The number of thioether (sulfide) groups is 1. The normalized spacial score (nSPS) is 14.4. The molecule has 0 aliphatic carbocycles. The fraction of sp³-hybridized carbons (Fsp3) is 0.571. The van der Waals surface area contributed by atoms with Crippen LogP contribution in [0.25, 0.3) is 0 Å². The first kappa shape index (κ1) is 14.2. The van der Waals surface area contributed by atoms with Gasteiger partial charge in [0.2, 0.25) is 0 Å². The van der Waals surface area contributed by atoms with Crippen LogP contribution in [0.15, 0.2) is 16.6 Å². The van der Waals surface area contributed by atoms with Crippen LogP contribution >= 0.6 is 27.7 Å². The van der Waals surface area contributed by atoms with Gasteiger partial charge >= 0.3 is 0 Å². The SMILES string of the molecule is CSC(C)(C)CNCc1cc(Br)cc2c1OCC2. The number of halogens is 1. The van der Waals surface area contributed by atoms with Crippen LogP contribution in [0, 0.1) is 0 Å². The maximum atomic E-state index is 5.73. The highest BCUT2D eigenvalue weighted by atomic mass is 79.9. The lowest BCUT2D eigenvalue weighted by molar-refractivity contribution is 0.352. The van der Waals surface area contributed by atoms with Crippen LogP contribution in [0.2, 0.25) is 0 Å². The van der Waals surface area contributed by atoms with Crippen molar-refractivity contribution >= 4 is 27.7 Å². The van der Waals surface area contributed by atoms with Crippen molar-refractivity contribution in [3.05, 3.63) is 27.7 Å². The van der Waals surface area contributed by atoms with Gasteiger partial charge in [-0.05, 0) is 37.8 Å². The summed E-state index contributed by atoms with van der Waals surface area (Å²) in [6.07, 6.45) is 3.18. The Kier molecular flexibility index (Phi) is 4.62. The smallest absolute Gasteiger partial charge is 0.127 e. The van der Waals surface area contributed by atoms with E-state index in [1.165, 1.54) is 11.1 Å². The third-order valence-corrected chi connectivity index (χ3v) is 4.95. The highest BCUT2D eigenvalue weighted by molar-refractivity contribution is 9.10. The van der Waals surface area contributed by atoms with Crippen molar-refractivity contribution in [3.8, 4) is 5.75 Å². The van der Waals surface area contributed by atoms with E-state index in [9.17, 15) is 0 Å². The Morgan fingerprint density at radius 3 is 2.94 bits per heavy atom. The van der Waals surface area contributed by atoms with Crippen molar-refractivity contribution in [3.63, 3.8) is 0 Å². The average Bonchev–Trinajstić information content (AvgIpc) is 2.76. The summed E-state index contributed by atoms with van der Waals surface area (Å²) < 4.78 is 7.15. The molecule has 18 heavy (non-hydrogen) atoms. The van der Waals surface area contributed by atoms with Gasteiger partial charge in [0.05, 0.1) is 6.61 Å². The van der Waals surface area contributed by atoms with Gasteiger partial charge in [0.25, 0.3) is 0 Å². The minimum Gasteiger partial charge on any atom is -0.493 e. The first-order valence-corrected chi connectivity index (χ1v) is 8.23. The molecule has 1 aromatic rings. The summed E-state index contributed by atoms with van der Waals surface area (Å²) in [6.45, 7) is 7.19. The molecule has 0 aromatic heterocycles. The van der Waals surface area contributed by atoms with Gasteiger partial charge in [0, 0.05) is 34.3 Å². The number of rotatable bonds is 5. The second kappa shape index (κ2) is 5.85. The van der Waals surface area contributed by atoms with E-state index < -0.39 is 0 Å². The molecule has 0 saturated carbocycles. The molecule has 2 rings (SSSR count). The molecule has 1 N–H and O–H groups in total. The number of hydrogen-bond acceptors (Lipinski definition) is 3. The third-order valence-electron chi connectivity index (χ3n) is 3.24. The molecule has 4 heteroatoms. The second-order valence-electron chi connectivity index (χ2n) is 5.22.